The molecule has 0 N–H and O–H groups in total. The van der Waals surface area contributed by atoms with Crippen LogP contribution in [0.25, 0.3) is 0 Å². The van der Waals surface area contributed by atoms with E-state index in [0.717, 1.165) is 19.3 Å². The normalized spacial score (nSPS) is 24.4. The zero-order chi connectivity index (χ0) is 20.4. The van der Waals surface area contributed by atoms with Gasteiger partial charge in [-0.2, -0.15) is 26.3 Å². The number of hydrogen-bond acceptors (Lipinski definition) is 6. The van der Waals surface area contributed by atoms with Crippen LogP contribution < -0.4 is 0 Å². The van der Waals surface area contributed by atoms with Crippen LogP contribution in [0, 0.1) is 67.5 Å². The zero-order valence-corrected chi connectivity index (χ0v) is 15.7. The van der Waals surface area contributed by atoms with Crippen molar-refractivity contribution < 1.29 is 0 Å². The molecule has 0 amide bonds. The number of hydrogen-bond donors (Lipinski definition) is 0. The summed E-state index contributed by atoms with van der Waals surface area (Å²) >= 11 is 6.33. The molecule has 2 fully saturated rings. The number of halogens is 1. The average Bonchev–Trinajstić information content (AvgIpc) is 3.35. The number of piperidine rings is 1. The summed E-state index contributed by atoms with van der Waals surface area (Å²) in [5.74, 6) is -0.845. The standard InChI is InChI=1S/C21H15ClN6/c22-17-7-3-2-6-16(17)18-20(12-25,13-26)21(18,14-27)19(15(10-23)11-24)28-8-4-1-5-9-28/h2-3,6-7,18H,1,4-5,8-9H2. The average molecular weight is 387 g/mol. The van der Waals surface area contributed by atoms with Crippen LogP contribution in [0.15, 0.2) is 35.5 Å². The number of rotatable bonds is 3. The first-order valence-corrected chi connectivity index (χ1v) is 9.23. The van der Waals surface area contributed by atoms with Gasteiger partial charge in [0.2, 0.25) is 0 Å². The fourth-order valence-corrected chi connectivity index (χ4v) is 4.61. The maximum Gasteiger partial charge on any atom is 0.177 e. The first-order valence-electron chi connectivity index (χ1n) is 8.86. The van der Waals surface area contributed by atoms with Gasteiger partial charge in [0.15, 0.2) is 11.0 Å². The zero-order valence-electron chi connectivity index (χ0n) is 15.0. The number of allylic oxidation sites excluding steroid dienone is 2. The molecule has 3 rings (SSSR count). The van der Waals surface area contributed by atoms with Crippen molar-refractivity contribution >= 4 is 11.6 Å². The van der Waals surface area contributed by atoms with E-state index in [0.29, 0.717) is 23.7 Å². The van der Waals surface area contributed by atoms with E-state index >= 15 is 0 Å². The van der Waals surface area contributed by atoms with Gasteiger partial charge in [-0.15, -0.1) is 0 Å². The molecule has 6 nitrogen and oxygen atoms in total. The van der Waals surface area contributed by atoms with Gasteiger partial charge in [-0.25, -0.2) is 0 Å². The van der Waals surface area contributed by atoms with Crippen molar-refractivity contribution in [1.82, 2.24) is 4.90 Å². The minimum absolute atomic E-state index is 0.188. The molecule has 1 saturated heterocycles. The summed E-state index contributed by atoms with van der Waals surface area (Å²) < 4.78 is 0. The maximum atomic E-state index is 10.2. The summed E-state index contributed by atoms with van der Waals surface area (Å²) in [5, 5.41) is 49.6. The summed E-state index contributed by atoms with van der Waals surface area (Å²) in [6.45, 7) is 1.13. The topological polar surface area (TPSA) is 122 Å². The van der Waals surface area contributed by atoms with E-state index in [1.807, 2.05) is 29.2 Å². The predicted molar refractivity (Wildman–Crippen MR) is 99.6 cm³/mol. The first-order chi connectivity index (χ1) is 13.6. The second kappa shape index (κ2) is 7.25. The van der Waals surface area contributed by atoms with Crippen molar-refractivity contribution in [3.8, 4) is 30.3 Å². The van der Waals surface area contributed by atoms with Gasteiger partial charge < -0.3 is 4.90 Å². The van der Waals surface area contributed by atoms with Gasteiger partial charge >= 0.3 is 0 Å². The van der Waals surface area contributed by atoms with E-state index in [1.54, 1.807) is 24.3 Å². The summed E-state index contributed by atoms with van der Waals surface area (Å²) in [6.07, 6.45) is 2.70. The third-order valence-electron chi connectivity index (χ3n) is 5.66. The van der Waals surface area contributed by atoms with Gasteiger partial charge in [-0.1, -0.05) is 29.8 Å². The van der Waals surface area contributed by atoms with Crippen molar-refractivity contribution in [3.05, 3.63) is 46.1 Å². The van der Waals surface area contributed by atoms with Crippen LogP contribution in [-0.4, -0.2) is 18.0 Å². The molecule has 2 unspecified atom stereocenters. The van der Waals surface area contributed by atoms with Gasteiger partial charge in [-0.05, 0) is 30.9 Å². The summed E-state index contributed by atoms with van der Waals surface area (Å²) in [7, 11) is 0. The van der Waals surface area contributed by atoms with Gasteiger partial charge in [-0.3, -0.25) is 0 Å². The Labute approximate surface area is 168 Å². The minimum atomic E-state index is -1.72. The summed E-state index contributed by atoms with van der Waals surface area (Å²) in [5.41, 5.74) is -2.89. The molecule has 136 valence electrons. The molecule has 0 spiro atoms. The quantitative estimate of drug-likeness (QED) is 0.728. The van der Waals surface area contributed by atoms with Crippen LogP contribution in [0.4, 0.5) is 0 Å². The van der Waals surface area contributed by atoms with Gasteiger partial charge in [0.25, 0.3) is 0 Å². The monoisotopic (exact) mass is 386 g/mol. The predicted octanol–water partition coefficient (Wildman–Crippen LogP) is 3.77. The smallest absolute Gasteiger partial charge is 0.177 e. The van der Waals surface area contributed by atoms with Crippen molar-refractivity contribution in [2.24, 2.45) is 10.8 Å². The fraction of sp³-hybridized carbons (Fsp3) is 0.381. The second-order valence-electron chi connectivity index (χ2n) is 6.90. The van der Waals surface area contributed by atoms with Gasteiger partial charge in [0, 0.05) is 24.0 Å². The highest BCUT2D eigenvalue weighted by atomic mass is 35.5. The van der Waals surface area contributed by atoms with E-state index in [-0.39, 0.29) is 11.3 Å². The Balaban J connectivity index is 2.32. The number of nitrogens with zero attached hydrogens (tertiary/aromatic N) is 6. The van der Waals surface area contributed by atoms with Gasteiger partial charge in [0.1, 0.15) is 17.6 Å². The molecule has 1 aromatic carbocycles. The molecule has 2 atom stereocenters. The van der Waals surface area contributed by atoms with Crippen LogP contribution in [0.5, 0.6) is 0 Å². The number of benzene rings is 1. The molecular formula is C21H15ClN6. The molecule has 1 aliphatic heterocycles. The van der Waals surface area contributed by atoms with Crippen molar-refractivity contribution in [1.29, 1.82) is 26.3 Å². The molecule has 1 aliphatic carbocycles. The van der Waals surface area contributed by atoms with Crippen molar-refractivity contribution in [2.45, 2.75) is 25.2 Å². The Morgan fingerprint density at radius 2 is 1.54 bits per heavy atom. The lowest BCUT2D eigenvalue weighted by Gasteiger charge is -2.34. The molecule has 0 aromatic heterocycles. The molecule has 7 heteroatoms. The lowest BCUT2D eigenvalue weighted by molar-refractivity contribution is 0.254. The van der Waals surface area contributed by atoms with E-state index in [9.17, 15) is 26.3 Å². The van der Waals surface area contributed by atoms with Crippen LogP contribution in [0.1, 0.15) is 30.7 Å². The van der Waals surface area contributed by atoms with E-state index in [4.69, 9.17) is 11.6 Å². The highest BCUT2D eigenvalue weighted by molar-refractivity contribution is 6.31. The Bertz CT molecular complexity index is 1020. The molecular weight excluding hydrogens is 372 g/mol. The maximum absolute atomic E-state index is 10.2. The Morgan fingerprint density at radius 1 is 0.929 bits per heavy atom. The van der Waals surface area contributed by atoms with Gasteiger partial charge in [0.05, 0.1) is 23.9 Å². The highest BCUT2D eigenvalue weighted by Crippen LogP contribution is 2.78. The van der Waals surface area contributed by atoms with E-state index in [1.165, 1.54) is 0 Å². The first kappa shape index (κ1) is 19.3. The molecule has 1 saturated carbocycles. The SMILES string of the molecule is N#CC(C#N)=C(N1CCCCC1)C1(C#N)C(c2ccccc2Cl)C1(C#N)C#N. The third kappa shape index (κ3) is 2.42. The summed E-state index contributed by atoms with van der Waals surface area (Å²) in [4.78, 5) is 1.83. The summed E-state index contributed by atoms with van der Waals surface area (Å²) in [6, 6.07) is 16.7. The lowest BCUT2D eigenvalue weighted by Crippen LogP contribution is -2.35. The fourth-order valence-electron chi connectivity index (χ4n) is 4.36. The number of nitriles is 5. The Hall–Kier alpha value is -3.50. The van der Waals surface area contributed by atoms with Crippen LogP contribution in [-0.2, 0) is 0 Å². The van der Waals surface area contributed by atoms with Crippen LogP contribution in [0.2, 0.25) is 5.02 Å². The molecule has 2 aliphatic rings. The molecule has 1 aromatic rings. The molecule has 28 heavy (non-hydrogen) atoms. The highest BCUT2D eigenvalue weighted by Gasteiger charge is 2.83. The Kier molecular flexibility index (Phi) is 4.99. The molecule has 0 radical (unpaired) electrons. The second-order valence-corrected chi connectivity index (χ2v) is 7.31. The Morgan fingerprint density at radius 3 is 2.04 bits per heavy atom. The van der Waals surface area contributed by atoms with Crippen molar-refractivity contribution in [2.75, 3.05) is 13.1 Å². The largest absolute Gasteiger partial charge is 0.372 e. The van der Waals surface area contributed by atoms with Crippen LogP contribution >= 0.6 is 11.6 Å². The lowest BCUT2D eigenvalue weighted by atomic mass is 9.87. The van der Waals surface area contributed by atoms with E-state index in [2.05, 4.69) is 6.07 Å². The molecule has 1 heterocycles. The molecule has 0 bridgehead atoms. The minimum Gasteiger partial charge on any atom is -0.372 e. The van der Waals surface area contributed by atoms with Crippen LogP contribution in [0.3, 0.4) is 0 Å². The van der Waals surface area contributed by atoms with E-state index < -0.39 is 16.7 Å². The van der Waals surface area contributed by atoms with Crippen molar-refractivity contribution in [3.63, 3.8) is 0 Å². The number of likely N-dealkylation sites (tertiary alicyclic amines) is 1. The third-order valence-corrected chi connectivity index (χ3v) is 6.00.